The lowest BCUT2D eigenvalue weighted by Gasteiger charge is -2.31. The summed E-state index contributed by atoms with van der Waals surface area (Å²) in [6, 6.07) is 0.389. The standard InChI is InChI=1S/C12H27NO2/c1-6-10(2)12(4,14)9-13-11(3)7-8-15-5/h10-11,13-14H,6-9H2,1-5H3. The van der Waals surface area contributed by atoms with Gasteiger partial charge in [-0.15, -0.1) is 0 Å². The number of hydrogen-bond acceptors (Lipinski definition) is 3. The fraction of sp³-hybridized carbons (Fsp3) is 1.00. The first-order chi connectivity index (χ1) is 6.94. The molecule has 0 amide bonds. The van der Waals surface area contributed by atoms with Crippen LogP contribution in [0.15, 0.2) is 0 Å². The van der Waals surface area contributed by atoms with E-state index in [1.54, 1.807) is 7.11 Å². The van der Waals surface area contributed by atoms with E-state index in [1.165, 1.54) is 0 Å². The molecule has 3 atom stereocenters. The van der Waals surface area contributed by atoms with Gasteiger partial charge in [0, 0.05) is 26.3 Å². The summed E-state index contributed by atoms with van der Waals surface area (Å²) in [7, 11) is 1.71. The van der Waals surface area contributed by atoms with Gasteiger partial charge in [-0.1, -0.05) is 20.3 Å². The van der Waals surface area contributed by atoms with E-state index in [2.05, 4.69) is 26.1 Å². The summed E-state index contributed by atoms with van der Waals surface area (Å²) in [6.07, 6.45) is 1.98. The second-order valence-corrected chi connectivity index (χ2v) is 4.73. The molecule has 0 aromatic rings. The molecule has 0 aliphatic carbocycles. The molecule has 0 aromatic heterocycles. The first-order valence-corrected chi connectivity index (χ1v) is 5.88. The van der Waals surface area contributed by atoms with Crippen molar-refractivity contribution in [1.82, 2.24) is 5.32 Å². The van der Waals surface area contributed by atoms with Gasteiger partial charge in [0.15, 0.2) is 0 Å². The molecule has 0 saturated heterocycles. The van der Waals surface area contributed by atoms with Gasteiger partial charge in [0.2, 0.25) is 0 Å². The van der Waals surface area contributed by atoms with Crippen LogP contribution in [-0.4, -0.2) is 37.0 Å². The van der Waals surface area contributed by atoms with Gasteiger partial charge < -0.3 is 15.2 Å². The smallest absolute Gasteiger partial charge is 0.0768 e. The molecule has 0 heterocycles. The lowest BCUT2D eigenvalue weighted by Crippen LogP contribution is -2.45. The predicted octanol–water partition coefficient (Wildman–Crippen LogP) is 1.80. The van der Waals surface area contributed by atoms with E-state index in [-0.39, 0.29) is 0 Å². The Morgan fingerprint density at radius 1 is 1.40 bits per heavy atom. The Morgan fingerprint density at radius 3 is 2.47 bits per heavy atom. The summed E-state index contributed by atoms with van der Waals surface area (Å²) in [6.45, 7) is 9.62. The Labute approximate surface area is 94.2 Å². The molecule has 3 nitrogen and oxygen atoms in total. The fourth-order valence-electron chi connectivity index (χ4n) is 1.39. The normalized spacial score (nSPS) is 19.6. The second kappa shape index (κ2) is 7.20. The molecule has 0 bridgehead atoms. The zero-order valence-corrected chi connectivity index (χ0v) is 10.8. The van der Waals surface area contributed by atoms with Gasteiger partial charge in [-0.25, -0.2) is 0 Å². The highest BCUT2D eigenvalue weighted by Crippen LogP contribution is 2.19. The van der Waals surface area contributed by atoms with Crippen molar-refractivity contribution in [2.24, 2.45) is 5.92 Å². The summed E-state index contributed by atoms with van der Waals surface area (Å²) in [5.74, 6) is 0.319. The molecule has 0 aromatic carbocycles. The molecular formula is C12H27NO2. The highest BCUT2D eigenvalue weighted by Gasteiger charge is 2.26. The fourth-order valence-corrected chi connectivity index (χ4v) is 1.39. The number of aliphatic hydroxyl groups is 1. The van der Waals surface area contributed by atoms with E-state index in [1.807, 2.05) is 6.92 Å². The van der Waals surface area contributed by atoms with E-state index >= 15 is 0 Å². The molecule has 0 aliphatic heterocycles. The number of hydrogen-bond donors (Lipinski definition) is 2. The van der Waals surface area contributed by atoms with Crippen LogP contribution in [0.25, 0.3) is 0 Å². The Kier molecular flexibility index (Phi) is 7.14. The van der Waals surface area contributed by atoms with Crippen molar-refractivity contribution in [2.45, 2.75) is 52.2 Å². The van der Waals surface area contributed by atoms with E-state index in [4.69, 9.17) is 4.74 Å². The lowest BCUT2D eigenvalue weighted by atomic mass is 9.88. The van der Waals surface area contributed by atoms with Gasteiger partial charge in [0.05, 0.1) is 5.60 Å². The zero-order chi connectivity index (χ0) is 11.9. The van der Waals surface area contributed by atoms with Crippen LogP contribution < -0.4 is 5.32 Å². The average Bonchev–Trinajstić information content (AvgIpc) is 2.22. The lowest BCUT2D eigenvalue weighted by molar-refractivity contribution is 0.00295. The van der Waals surface area contributed by atoms with Gasteiger partial charge in [-0.3, -0.25) is 0 Å². The topological polar surface area (TPSA) is 41.5 Å². The van der Waals surface area contributed by atoms with Gasteiger partial charge >= 0.3 is 0 Å². The van der Waals surface area contributed by atoms with Crippen LogP contribution in [0.3, 0.4) is 0 Å². The van der Waals surface area contributed by atoms with E-state index in [9.17, 15) is 5.11 Å². The van der Waals surface area contributed by atoms with E-state index in [0.717, 1.165) is 19.4 Å². The van der Waals surface area contributed by atoms with Gasteiger partial charge in [-0.2, -0.15) is 0 Å². The summed E-state index contributed by atoms with van der Waals surface area (Å²) in [5.41, 5.74) is -0.615. The van der Waals surface area contributed by atoms with Crippen molar-refractivity contribution >= 4 is 0 Å². The number of ether oxygens (including phenoxy) is 1. The minimum Gasteiger partial charge on any atom is -0.389 e. The highest BCUT2D eigenvalue weighted by atomic mass is 16.5. The molecule has 0 fully saturated rings. The van der Waals surface area contributed by atoms with Crippen LogP contribution in [0, 0.1) is 5.92 Å². The van der Waals surface area contributed by atoms with Gasteiger partial charge in [-0.05, 0) is 26.2 Å². The monoisotopic (exact) mass is 217 g/mol. The quantitative estimate of drug-likeness (QED) is 0.651. The molecule has 3 unspecified atom stereocenters. The van der Waals surface area contributed by atoms with Crippen molar-refractivity contribution in [1.29, 1.82) is 0 Å². The minimum absolute atomic E-state index is 0.319. The molecular weight excluding hydrogens is 190 g/mol. The van der Waals surface area contributed by atoms with Crippen molar-refractivity contribution in [2.75, 3.05) is 20.3 Å². The van der Waals surface area contributed by atoms with Crippen molar-refractivity contribution in [3.8, 4) is 0 Å². The summed E-state index contributed by atoms with van der Waals surface area (Å²) in [4.78, 5) is 0. The summed E-state index contributed by atoms with van der Waals surface area (Å²) < 4.78 is 5.01. The zero-order valence-electron chi connectivity index (χ0n) is 10.8. The Balaban J connectivity index is 3.81. The van der Waals surface area contributed by atoms with Crippen molar-refractivity contribution < 1.29 is 9.84 Å². The maximum atomic E-state index is 10.2. The van der Waals surface area contributed by atoms with Crippen LogP contribution in [0.4, 0.5) is 0 Å². The molecule has 92 valence electrons. The molecule has 0 aliphatic rings. The first kappa shape index (κ1) is 14.9. The molecule has 15 heavy (non-hydrogen) atoms. The molecule has 2 N–H and O–H groups in total. The third-order valence-corrected chi connectivity index (χ3v) is 3.24. The predicted molar refractivity (Wildman–Crippen MR) is 64.0 cm³/mol. The SMILES string of the molecule is CCC(C)C(C)(O)CNC(C)CCOC. The molecule has 0 rings (SSSR count). The first-order valence-electron chi connectivity index (χ1n) is 5.88. The third kappa shape index (κ3) is 6.13. The number of nitrogens with one attached hydrogen (secondary N) is 1. The van der Waals surface area contributed by atoms with Crippen molar-refractivity contribution in [3.63, 3.8) is 0 Å². The summed E-state index contributed by atoms with van der Waals surface area (Å²) >= 11 is 0. The largest absolute Gasteiger partial charge is 0.389 e. The Morgan fingerprint density at radius 2 is 2.00 bits per heavy atom. The number of methoxy groups -OCH3 is 1. The van der Waals surface area contributed by atoms with Crippen LogP contribution in [0.1, 0.15) is 40.5 Å². The van der Waals surface area contributed by atoms with Gasteiger partial charge in [0.1, 0.15) is 0 Å². The maximum absolute atomic E-state index is 10.2. The summed E-state index contributed by atoms with van der Waals surface area (Å²) in [5, 5.41) is 13.5. The van der Waals surface area contributed by atoms with Crippen LogP contribution in [0.2, 0.25) is 0 Å². The van der Waals surface area contributed by atoms with E-state index < -0.39 is 5.60 Å². The van der Waals surface area contributed by atoms with Crippen LogP contribution in [-0.2, 0) is 4.74 Å². The Bertz CT molecular complexity index is 160. The maximum Gasteiger partial charge on any atom is 0.0768 e. The second-order valence-electron chi connectivity index (χ2n) is 4.73. The van der Waals surface area contributed by atoms with Crippen molar-refractivity contribution in [3.05, 3.63) is 0 Å². The molecule has 0 radical (unpaired) electrons. The number of rotatable bonds is 8. The molecule has 3 heteroatoms. The average molecular weight is 217 g/mol. The van der Waals surface area contributed by atoms with E-state index in [0.29, 0.717) is 18.5 Å². The van der Waals surface area contributed by atoms with Crippen LogP contribution >= 0.6 is 0 Å². The van der Waals surface area contributed by atoms with Crippen LogP contribution in [0.5, 0.6) is 0 Å². The highest BCUT2D eigenvalue weighted by molar-refractivity contribution is 4.81. The molecule has 0 saturated carbocycles. The Hall–Kier alpha value is -0.120. The minimum atomic E-state index is -0.615. The van der Waals surface area contributed by atoms with Gasteiger partial charge in [0.25, 0.3) is 0 Å². The third-order valence-electron chi connectivity index (χ3n) is 3.24. The molecule has 0 spiro atoms.